The molecule has 1 aromatic carbocycles. The molecule has 0 amide bonds. The Morgan fingerprint density at radius 3 is 2.31 bits per heavy atom. The van der Waals surface area contributed by atoms with Crippen molar-refractivity contribution in [3.05, 3.63) is 52.4 Å². The van der Waals surface area contributed by atoms with Gasteiger partial charge in [0.1, 0.15) is 11.5 Å². The van der Waals surface area contributed by atoms with Crippen molar-refractivity contribution in [1.29, 1.82) is 0 Å². The molecule has 1 aromatic heterocycles. The molecular weight excluding hydrogens is 336 g/mol. The van der Waals surface area contributed by atoms with Crippen LogP contribution in [0.5, 0.6) is 5.75 Å². The van der Waals surface area contributed by atoms with E-state index in [4.69, 9.17) is 9.15 Å². The molecule has 0 saturated carbocycles. The molecule has 0 aliphatic heterocycles. The Hall–Kier alpha value is -0.740. The summed E-state index contributed by atoms with van der Waals surface area (Å²) in [5.41, 5.74) is 1.13. The summed E-state index contributed by atoms with van der Waals surface area (Å²) in [7, 11) is 1.66. The van der Waals surface area contributed by atoms with E-state index in [1.54, 1.807) is 7.11 Å². The van der Waals surface area contributed by atoms with Crippen LogP contribution in [0.2, 0.25) is 0 Å². The van der Waals surface area contributed by atoms with Crippen molar-refractivity contribution in [2.75, 3.05) is 7.11 Å². The lowest BCUT2D eigenvalue weighted by molar-refractivity contribution is 0.414. The van der Waals surface area contributed by atoms with Crippen LogP contribution in [0.4, 0.5) is 0 Å². The SMILES string of the molecule is COc1ccc(C(Br)c2ccc(Br)o2)cc1. The van der Waals surface area contributed by atoms with E-state index < -0.39 is 0 Å². The second-order valence-corrected chi connectivity index (χ2v) is 4.97. The van der Waals surface area contributed by atoms with Gasteiger partial charge in [-0.2, -0.15) is 0 Å². The van der Waals surface area contributed by atoms with Crippen LogP contribution in [0, 0.1) is 0 Å². The zero-order chi connectivity index (χ0) is 11.5. The van der Waals surface area contributed by atoms with Gasteiger partial charge in [0.2, 0.25) is 0 Å². The lowest BCUT2D eigenvalue weighted by Crippen LogP contribution is -1.90. The van der Waals surface area contributed by atoms with E-state index in [0.717, 1.165) is 21.7 Å². The van der Waals surface area contributed by atoms with Gasteiger partial charge in [-0.3, -0.25) is 0 Å². The molecule has 0 radical (unpaired) electrons. The Bertz CT molecular complexity index is 462. The van der Waals surface area contributed by atoms with Crippen molar-refractivity contribution in [1.82, 2.24) is 0 Å². The highest BCUT2D eigenvalue weighted by Crippen LogP contribution is 2.33. The molecule has 1 heterocycles. The minimum atomic E-state index is 0.0599. The van der Waals surface area contributed by atoms with E-state index >= 15 is 0 Å². The summed E-state index contributed by atoms with van der Waals surface area (Å²) in [5.74, 6) is 1.72. The Balaban J connectivity index is 2.23. The fourth-order valence-corrected chi connectivity index (χ4v) is 2.27. The Morgan fingerprint density at radius 1 is 1.12 bits per heavy atom. The van der Waals surface area contributed by atoms with Gasteiger partial charge in [-0.15, -0.1) is 0 Å². The second-order valence-electron chi connectivity index (χ2n) is 3.28. The Kier molecular flexibility index (Phi) is 3.71. The van der Waals surface area contributed by atoms with Gasteiger partial charge in [0.25, 0.3) is 0 Å². The van der Waals surface area contributed by atoms with Crippen LogP contribution in [0.1, 0.15) is 16.2 Å². The topological polar surface area (TPSA) is 22.4 Å². The second kappa shape index (κ2) is 5.06. The lowest BCUT2D eigenvalue weighted by Gasteiger charge is -2.08. The van der Waals surface area contributed by atoms with Gasteiger partial charge in [-0.25, -0.2) is 0 Å². The molecule has 84 valence electrons. The van der Waals surface area contributed by atoms with Crippen LogP contribution < -0.4 is 4.74 Å². The van der Waals surface area contributed by atoms with Gasteiger partial charge < -0.3 is 9.15 Å². The summed E-state index contributed by atoms with van der Waals surface area (Å²) in [6.07, 6.45) is 0. The van der Waals surface area contributed by atoms with Gasteiger partial charge in [-0.1, -0.05) is 28.1 Å². The summed E-state index contributed by atoms with van der Waals surface area (Å²) in [4.78, 5) is 0.0599. The molecule has 0 aliphatic carbocycles. The number of rotatable bonds is 3. The van der Waals surface area contributed by atoms with Crippen LogP contribution in [-0.2, 0) is 0 Å². The summed E-state index contributed by atoms with van der Waals surface area (Å²) >= 11 is 6.89. The standard InChI is InChI=1S/C12H10Br2O2/c1-15-9-4-2-8(3-5-9)12(14)10-6-7-11(13)16-10/h2-7,12H,1H3. The van der Waals surface area contributed by atoms with Crippen LogP contribution in [0.15, 0.2) is 45.5 Å². The van der Waals surface area contributed by atoms with Crippen LogP contribution in [0.25, 0.3) is 0 Å². The number of hydrogen-bond donors (Lipinski definition) is 0. The first-order valence-corrected chi connectivity index (χ1v) is 6.45. The molecule has 0 saturated heterocycles. The van der Waals surface area contributed by atoms with E-state index in [9.17, 15) is 0 Å². The number of methoxy groups -OCH3 is 1. The van der Waals surface area contributed by atoms with E-state index in [1.807, 2.05) is 36.4 Å². The monoisotopic (exact) mass is 344 g/mol. The van der Waals surface area contributed by atoms with E-state index in [-0.39, 0.29) is 4.83 Å². The van der Waals surface area contributed by atoms with Gasteiger partial charge in [-0.05, 0) is 45.8 Å². The molecule has 2 aromatic rings. The first kappa shape index (κ1) is 11.7. The predicted octanol–water partition coefficient (Wildman–Crippen LogP) is 4.54. The zero-order valence-corrected chi connectivity index (χ0v) is 11.8. The molecule has 0 N–H and O–H groups in total. The molecule has 1 atom stereocenters. The number of ether oxygens (including phenoxy) is 1. The first-order valence-electron chi connectivity index (χ1n) is 4.74. The number of benzene rings is 1. The van der Waals surface area contributed by atoms with Crippen molar-refractivity contribution in [2.45, 2.75) is 4.83 Å². The van der Waals surface area contributed by atoms with Gasteiger partial charge in [0.05, 0.1) is 11.9 Å². The minimum absolute atomic E-state index is 0.0599. The predicted molar refractivity (Wildman–Crippen MR) is 70.2 cm³/mol. The number of hydrogen-bond acceptors (Lipinski definition) is 2. The minimum Gasteiger partial charge on any atom is -0.497 e. The van der Waals surface area contributed by atoms with Crippen molar-refractivity contribution in [3.8, 4) is 5.75 Å². The number of halogens is 2. The van der Waals surface area contributed by atoms with Crippen molar-refractivity contribution < 1.29 is 9.15 Å². The summed E-state index contributed by atoms with van der Waals surface area (Å²) in [5, 5.41) is 0. The number of alkyl halides is 1. The first-order chi connectivity index (χ1) is 7.70. The maximum absolute atomic E-state index is 5.49. The highest BCUT2D eigenvalue weighted by Gasteiger charge is 2.13. The van der Waals surface area contributed by atoms with E-state index in [1.165, 1.54) is 0 Å². The third kappa shape index (κ3) is 2.50. The van der Waals surface area contributed by atoms with Crippen molar-refractivity contribution in [2.24, 2.45) is 0 Å². The average molecular weight is 346 g/mol. The van der Waals surface area contributed by atoms with Crippen molar-refractivity contribution >= 4 is 31.9 Å². The fraction of sp³-hybridized carbons (Fsp3) is 0.167. The third-order valence-corrected chi connectivity index (χ3v) is 3.66. The summed E-state index contributed by atoms with van der Waals surface area (Å²) in [6, 6.07) is 11.7. The molecular formula is C12H10Br2O2. The maximum Gasteiger partial charge on any atom is 0.169 e. The lowest BCUT2D eigenvalue weighted by atomic mass is 10.1. The molecule has 16 heavy (non-hydrogen) atoms. The van der Waals surface area contributed by atoms with Gasteiger partial charge in [0, 0.05) is 0 Å². The average Bonchev–Trinajstić information content (AvgIpc) is 2.75. The number of furan rings is 1. The van der Waals surface area contributed by atoms with Crippen LogP contribution >= 0.6 is 31.9 Å². The molecule has 0 fully saturated rings. The fourth-order valence-electron chi connectivity index (χ4n) is 1.40. The quantitative estimate of drug-likeness (QED) is 0.762. The maximum atomic E-state index is 5.49. The smallest absolute Gasteiger partial charge is 0.169 e. The normalized spacial score (nSPS) is 12.4. The highest BCUT2D eigenvalue weighted by atomic mass is 79.9. The van der Waals surface area contributed by atoms with Gasteiger partial charge in [0.15, 0.2) is 4.67 Å². The summed E-state index contributed by atoms with van der Waals surface area (Å²) in [6.45, 7) is 0. The molecule has 2 nitrogen and oxygen atoms in total. The van der Waals surface area contributed by atoms with E-state index in [0.29, 0.717) is 0 Å². The van der Waals surface area contributed by atoms with Crippen LogP contribution in [0.3, 0.4) is 0 Å². The largest absolute Gasteiger partial charge is 0.497 e. The molecule has 0 bridgehead atoms. The summed E-state index contributed by atoms with van der Waals surface area (Å²) < 4.78 is 11.3. The molecule has 2 rings (SSSR count). The van der Waals surface area contributed by atoms with Crippen LogP contribution in [-0.4, -0.2) is 7.11 Å². The molecule has 0 aliphatic rings. The zero-order valence-electron chi connectivity index (χ0n) is 8.61. The third-order valence-electron chi connectivity index (χ3n) is 2.25. The van der Waals surface area contributed by atoms with Crippen molar-refractivity contribution in [3.63, 3.8) is 0 Å². The molecule has 1 unspecified atom stereocenters. The molecule has 4 heteroatoms. The Morgan fingerprint density at radius 2 is 1.81 bits per heavy atom. The Labute approximate surface area is 111 Å². The highest BCUT2D eigenvalue weighted by molar-refractivity contribution is 9.10. The van der Waals surface area contributed by atoms with E-state index in [2.05, 4.69) is 31.9 Å². The van der Waals surface area contributed by atoms with Gasteiger partial charge >= 0.3 is 0 Å². The molecule has 0 spiro atoms.